The molecule has 3 aromatic carbocycles. The third-order valence-electron chi connectivity index (χ3n) is 5.05. The fourth-order valence-corrected chi connectivity index (χ4v) is 3.86. The van der Waals surface area contributed by atoms with Crippen molar-refractivity contribution in [2.75, 3.05) is 0 Å². The van der Waals surface area contributed by atoms with Crippen LogP contribution < -0.4 is 0 Å². The summed E-state index contributed by atoms with van der Waals surface area (Å²) in [6.07, 6.45) is 0.178. The van der Waals surface area contributed by atoms with Crippen LogP contribution in [0.5, 0.6) is 0 Å². The summed E-state index contributed by atoms with van der Waals surface area (Å²) >= 11 is 3.44. The van der Waals surface area contributed by atoms with E-state index in [0.29, 0.717) is 11.3 Å². The van der Waals surface area contributed by atoms with Gasteiger partial charge in [-0.1, -0.05) is 93.9 Å². The van der Waals surface area contributed by atoms with Crippen LogP contribution in [0, 0.1) is 5.92 Å². The van der Waals surface area contributed by atoms with Crippen molar-refractivity contribution >= 4 is 33.4 Å². The molecule has 0 spiro atoms. The minimum Gasteiger partial charge on any atom is -0.317 e. The maximum atomic E-state index is 13.0. The quantitative estimate of drug-likeness (QED) is 0.376. The van der Waals surface area contributed by atoms with E-state index in [1.165, 1.54) is 0 Å². The predicted octanol–water partition coefficient (Wildman–Crippen LogP) is 5.38. The number of carbonyl (C=O) groups is 2. The highest BCUT2D eigenvalue weighted by Crippen LogP contribution is 2.36. The molecule has 3 aromatic rings. The van der Waals surface area contributed by atoms with Gasteiger partial charge in [-0.25, -0.2) is 4.79 Å². The Kier molecular flexibility index (Phi) is 5.67. The fourth-order valence-electron chi connectivity index (χ4n) is 3.60. The van der Waals surface area contributed by atoms with Crippen molar-refractivity contribution in [2.45, 2.75) is 12.3 Å². The summed E-state index contributed by atoms with van der Waals surface area (Å²) in [6.45, 7) is 0. The van der Waals surface area contributed by atoms with Gasteiger partial charge >= 0.3 is 5.97 Å². The highest BCUT2D eigenvalue weighted by atomic mass is 79.9. The van der Waals surface area contributed by atoms with Gasteiger partial charge in [0.2, 0.25) is 0 Å². The molecule has 2 atom stereocenters. The lowest BCUT2D eigenvalue weighted by Gasteiger charge is -2.22. The van der Waals surface area contributed by atoms with Gasteiger partial charge in [-0.15, -0.1) is 0 Å². The molecule has 0 bridgehead atoms. The van der Waals surface area contributed by atoms with E-state index in [1.807, 2.05) is 72.8 Å². The smallest absolute Gasteiger partial charge is 0.317 e. The lowest BCUT2D eigenvalue weighted by atomic mass is 9.77. The second-order valence-corrected chi connectivity index (χ2v) is 7.80. The van der Waals surface area contributed by atoms with Crippen molar-refractivity contribution < 1.29 is 14.4 Å². The molecule has 4 nitrogen and oxygen atoms in total. The van der Waals surface area contributed by atoms with Crippen LogP contribution in [0.25, 0.3) is 0 Å². The first kappa shape index (κ1) is 19.3. The van der Waals surface area contributed by atoms with Crippen molar-refractivity contribution in [3.8, 4) is 0 Å². The number of halogens is 1. The Balaban J connectivity index is 1.73. The number of ketones is 1. The minimum atomic E-state index is -0.647. The Morgan fingerprint density at radius 3 is 2.21 bits per heavy atom. The average molecular weight is 448 g/mol. The Labute approximate surface area is 177 Å². The molecule has 5 heteroatoms. The van der Waals surface area contributed by atoms with Gasteiger partial charge in [0.1, 0.15) is 11.6 Å². The Morgan fingerprint density at radius 2 is 1.55 bits per heavy atom. The van der Waals surface area contributed by atoms with E-state index in [-0.39, 0.29) is 18.1 Å². The second kappa shape index (κ2) is 8.53. The summed E-state index contributed by atoms with van der Waals surface area (Å²) in [5, 5.41) is 4.06. The molecular formula is C24H18BrNO3. The van der Waals surface area contributed by atoms with Crippen LogP contribution >= 0.6 is 15.9 Å². The SMILES string of the molecule is O=C(CC(c1ccc(Br)cc1)C1C(=O)ON=C1c1ccccc1)c1ccccc1. The van der Waals surface area contributed by atoms with E-state index in [9.17, 15) is 9.59 Å². The molecule has 1 aliphatic rings. The number of hydrogen-bond donors (Lipinski definition) is 0. The molecule has 0 aliphatic carbocycles. The largest absolute Gasteiger partial charge is 0.344 e. The zero-order valence-corrected chi connectivity index (χ0v) is 17.1. The Hall–Kier alpha value is -3.05. The van der Waals surface area contributed by atoms with Gasteiger partial charge in [-0.2, -0.15) is 0 Å². The van der Waals surface area contributed by atoms with Gasteiger partial charge in [0.05, 0.1) is 0 Å². The highest BCUT2D eigenvalue weighted by Gasteiger charge is 2.41. The lowest BCUT2D eigenvalue weighted by Crippen LogP contribution is -2.28. The van der Waals surface area contributed by atoms with E-state index >= 15 is 0 Å². The number of carbonyl (C=O) groups excluding carboxylic acids is 2. The van der Waals surface area contributed by atoms with E-state index in [0.717, 1.165) is 15.6 Å². The molecular weight excluding hydrogens is 430 g/mol. The summed E-state index contributed by atoms with van der Waals surface area (Å²) in [7, 11) is 0. The molecule has 0 N–H and O–H groups in total. The van der Waals surface area contributed by atoms with Crippen molar-refractivity contribution in [3.63, 3.8) is 0 Å². The van der Waals surface area contributed by atoms with Crippen LogP contribution in [0.2, 0.25) is 0 Å². The fraction of sp³-hybridized carbons (Fsp3) is 0.125. The summed E-state index contributed by atoms with van der Waals surface area (Å²) in [6, 6.07) is 26.3. The van der Waals surface area contributed by atoms with Gasteiger partial charge in [-0.05, 0) is 17.7 Å². The molecule has 4 rings (SSSR count). The Bertz CT molecular complexity index is 1050. The lowest BCUT2D eigenvalue weighted by molar-refractivity contribution is -0.143. The van der Waals surface area contributed by atoms with Crippen molar-refractivity contribution in [1.29, 1.82) is 0 Å². The third kappa shape index (κ3) is 4.20. The summed E-state index contributed by atoms with van der Waals surface area (Å²) in [5.41, 5.74) is 2.89. The van der Waals surface area contributed by atoms with Gasteiger partial charge in [0.15, 0.2) is 5.78 Å². The highest BCUT2D eigenvalue weighted by molar-refractivity contribution is 9.10. The van der Waals surface area contributed by atoms with Crippen LogP contribution in [0.4, 0.5) is 0 Å². The first-order valence-electron chi connectivity index (χ1n) is 9.31. The first-order valence-corrected chi connectivity index (χ1v) is 10.1. The van der Waals surface area contributed by atoms with Crippen molar-refractivity contribution in [3.05, 3.63) is 106 Å². The minimum absolute atomic E-state index is 0.0226. The Morgan fingerprint density at radius 1 is 0.931 bits per heavy atom. The maximum Gasteiger partial charge on any atom is 0.344 e. The monoisotopic (exact) mass is 447 g/mol. The molecule has 29 heavy (non-hydrogen) atoms. The number of oxime groups is 1. The normalized spacial score (nSPS) is 16.8. The van der Waals surface area contributed by atoms with E-state index < -0.39 is 11.9 Å². The molecule has 0 aromatic heterocycles. The molecule has 0 saturated carbocycles. The predicted molar refractivity (Wildman–Crippen MR) is 115 cm³/mol. The van der Waals surface area contributed by atoms with Crippen LogP contribution in [0.1, 0.15) is 33.8 Å². The van der Waals surface area contributed by atoms with Crippen LogP contribution in [-0.2, 0) is 9.63 Å². The molecule has 1 aliphatic heterocycles. The molecule has 0 radical (unpaired) electrons. The van der Waals surface area contributed by atoms with Crippen LogP contribution in [0.15, 0.2) is 94.6 Å². The van der Waals surface area contributed by atoms with E-state index in [4.69, 9.17) is 4.84 Å². The molecule has 0 fully saturated rings. The summed E-state index contributed by atoms with van der Waals surface area (Å²) in [4.78, 5) is 30.8. The van der Waals surface area contributed by atoms with E-state index in [1.54, 1.807) is 12.1 Å². The number of rotatable bonds is 6. The maximum absolute atomic E-state index is 13.0. The van der Waals surface area contributed by atoms with E-state index in [2.05, 4.69) is 21.1 Å². The molecule has 1 heterocycles. The number of Topliss-reactive ketones (excluding diaryl/α,β-unsaturated/α-hetero) is 1. The van der Waals surface area contributed by atoms with Crippen LogP contribution in [-0.4, -0.2) is 17.5 Å². The van der Waals surface area contributed by atoms with Gasteiger partial charge in [-0.3, -0.25) is 4.79 Å². The molecule has 144 valence electrons. The topological polar surface area (TPSA) is 55.7 Å². The number of benzene rings is 3. The van der Waals surface area contributed by atoms with Crippen LogP contribution in [0.3, 0.4) is 0 Å². The zero-order chi connectivity index (χ0) is 20.2. The molecule has 2 unspecified atom stereocenters. The first-order chi connectivity index (χ1) is 14.1. The van der Waals surface area contributed by atoms with Gasteiger partial charge < -0.3 is 4.84 Å². The van der Waals surface area contributed by atoms with Crippen molar-refractivity contribution in [1.82, 2.24) is 0 Å². The van der Waals surface area contributed by atoms with Gasteiger partial charge in [0, 0.05) is 27.9 Å². The number of nitrogens with zero attached hydrogens (tertiary/aromatic N) is 1. The second-order valence-electron chi connectivity index (χ2n) is 6.88. The number of hydrogen-bond acceptors (Lipinski definition) is 4. The summed E-state index contributed by atoms with van der Waals surface area (Å²) in [5.74, 6) is -1.49. The average Bonchev–Trinajstić information content (AvgIpc) is 3.15. The third-order valence-corrected chi connectivity index (χ3v) is 5.58. The summed E-state index contributed by atoms with van der Waals surface area (Å²) < 4.78 is 0.931. The van der Waals surface area contributed by atoms with Gasteiger partial charge in [0.25, 0.3) is 0 Å². The molecule has 0 amide bonds. The standard InChI is InChI=1S/C24H18BrNO3/c25-19-13-11-16(12-14-19)20(15-21(27)17-7-3-1-4-8-17)22-23(26-29-24(22)28)18-9-5-2-6-10-18/h1-14,20,22H,15H2. The molecule has 0 saturated heterocycles. The zero-order valence-electron chi connectivity index (χ0n) is 15.5. The van der Waals surface area contributed by atoms with Crippen molar-refractivity contribution in [2.24, 2.45) is 11.1 Å².